The van der Waals surface area contributed by atoms with Crippen LogP contribution in [0.2, 0.25) is 0 Å². The predicted molar refractivity (Wildman–Crippen MR) is 85.3 cm³/mol. The Labute approximate surface area is 129 Å². The number of carbonyl (C=O) groups excluding carboxylic acids is 1. The van der Waals surface area contributed by atoms with E-state index < -0.39 is 0 Å². The van der Waals surface area contributed by atoms with Crippen LogP contribution in [-0.2, 0) is 9.53 Å². The fourth-order valence-corrected chi connectivity index (χ4v) is 2.46. The highest BCUT2D eigenvalue weighted by atomic mass is 35.5. The Hall–Kier alpha value is -0.320. The van der Waals surface area contributed by atoms with E-state index >= 15 is 0 Å². The van der Waals surface area contributed by atoms with Crippen molar-refractivity contribution in [1.82, 2.24) is 10.6 Å². The molecule has 1 atom stereocenters. The normalized spacial score (nSPS) is 19.9. The molecule has 0 aromatic heterocycles. The summed E-state index contributed by atoms with van der Waals surface area (Å²) < 4.78 is 5.37. The molecule has 1 rings (SSSR count). The maximum atomic E-state index is 12.2. The molecule has 1 unspecified atom stereocenters. The summed E-state index contributed by atoms with van der Waals surface area (Å²) in [7, 11) is 1.74. The van der Waals surface area contributed by atoms with Crippen LogP contribution in [0, 0.1) is 16.7 Å². The largest absolute Gasteiger partial charge is 0.384 e. The summed E-state index contributed by atoms with van der Waals surface area (Å²) in [6.07, 6.45) is 2.12. The zero-order valence-electron chi connectivity index (χ0n) is 13.5. The van der Waals surface area contributed by atoms with Gasteiger partial charge < -0.3 is 15.4 Å². The van der Waals surface area contributed by atoms with E-state index in [1.165, 1.54) is 0 Å². The second-order valence-electron chi connectivity index (χ2n) is 6.99. The average molecular weight is 307 g/mol. The lowest BCUT2D eigenvalue weighted by Gasteiger charge is -2.38. The maximum Gasteiger partial charge on any atom is 0.223 e. The standard InChI is InChI=1S/C15H30N2O2.ClH/c1-12(14(2,3)4)13(18)17-10-15(11-19-5)6-8-16-9-7-15;/h12,16H,6-11H2,1-5H3,(H,17,18);1H. The Balaban J connectivity index is 0.00000361. The van der Waals surface area contributed by atoms with Crippen molar-refractivity contribution >= 4 is 18.3 Å². The zero-order chi connectivity index (χ0) is 14.5. The van der Waals surface area contributed by atoms with Gasteiger partial charge in [-0.1, -0.05) is 27.7 Å². The van der Waals surface area contributed by atoms with Gasteiger partial charge in [0.1, 0.15) is 0 Å². The number of amides is 1. The van der Waals surface area contributed by atoms with E-state index in [0.717, 1.165) is 39.1 Å². The molecule has 1 saturated heterocycles. The van der Waals surface area contributed by atoms with Crippen molar-refractivity contribution in [3.05, 3.63) is 0 Å². The first-order valence-electron chi connectivity index (χ1n) is 7.28. The quantitative estimate of drug-likeness (QED) is 0.819. The number of carbonyl (C=O) groups is 1. The molecule has 1 heterocycles. The second-order valence-corrected chi connectivity index (χ2v) is 6.99. The van der Waals surface area contributed by atoms with Crippen molar-refractivity contribution in [3.63, 3.8) is 0 Å². The average Bonchev–Trinajstić information content (AvgIpc) is 2.35. The van der Waals surface area contributed by atoms with Crippen LogP contribution in [0.1, 0.15) is 40.5 Å². The highest BCUT2D eigenvalue weighted by molar-refractivity contribution is 5.85. The van der Waals surface area contributed by atoms with E-state index in [1.807, 2.05) is 6.92 Å². The number of halogens is 1. The minimum Gasteiger partial charge on any atom is -0.384 e. The van der Waals surface area contributed by atoms with Crippen molar-refractivity contribution in [2.45, 2.75) is 40.5 Å². The molecule has 0 bridgehead atoms. The summed E-state index contributed by atoms with van der Waals surface area (Å²) in [6.45, 7) is 11.8. The van der Waals surface area contributed by atoms with Crippen molar-refractivity contribution in [2.75, 3.05) is 33.4 Å². The Morgan fingerprint density at radius 3 is 2.35 bits per heavy atom. The first-order valence-corrected chi connectivity index (χ1v) is 7.28. The van der Waals surface area contributed by atoms with Crippen molar-refractivity contribution < 1.29 is 9.53 Å². The molecule has 1 amide bonds. The SMILES string of the molecule is COCC1(CNC(=O)C(C)C(C)(C)C)CCNCC1.Cl. The van der Waals surface area contributed by atoms with Gasteiger partial charge in [-0.3, -0.25) is 4.79 Å². The first kappa shape index (κ1) is 19.7. The number of piperidine rings is 1. The topological polar surface area (TPSA) is 50.4 Å². The molecule has 2 N–H and O–H groups in total. The maximum absolute atomic E-state index is 12.2. The van der Waals surface area contributed by atoms with Gasteiger partial charge in [0.15, 0.2) is 0 Å². The minimum absolute atomic E-state index is 0. The molecular formula is C15H31ClN2O2. The van der Waals surface area contributed by atoms with E-state index in [2.05, 4.69) is 31.4 Å². The molecule has 4 nitrogen and oxygen atoms in total. The number of nitrogens with one attached hydrogen (secondary N) is 2. The van der Waals surface area contributed by atoms with Gasteiger partial charge in [0, 0.05) is 25.0 Å². The van der Waals surface area contributed by atoms with E-state index in [9.17, 15) is 4.79 Å². The zero-order valence-corrected chi connectivity index (χ0v) is 14.4. The first-order chi connectivity index (χ1) is 8.81. The Kier molecular flexibility index (Phi) is 8.07. The number of hydrogen-bond acceptors (Lipinski definition) is 3. The summed E-state index contributed by atoms with van der Waals surface area (Å²) >= 11 is 0. The third kappa shape index (κ3) is 5.58. The van der Waals surface area contributed by atoms with Crippen molar-refractivity contribution in [2.24, 2.45) is 16.7 Å². The second kappa shape index (κ2) is 8.20. The highest BCUT2D eigenvalue weighted by Crippen LogP contribution is 2.29. The number of ether oxygens (including phenoxy) is 1. The lowest BCUT2D eigenvalue weighted by Crippen LogP contribution is -2.48. The van der Waals surface area contributed by atoms with E-state index in [1.54, 1.807) is 7.11 Å². The van der Waals surface area contributed by atoms with Gasteiger partial charge in [-0.2, -0.15) is 0 Å². The molecule has 0 spiro atoms. The molecule has 0 aromatic carbocycles. The fraction of sp³-hybridized carbons (Fsp3) is 0.933. The smallest absolute Gasteiger partial charge is 0.223 e. The van der Waals surface area contributed by atoms with Crippen LogP contribution in [0.4, 0.5) is 0 Å². The van der Waals surface area contributed by atoms with Crippen LogP contribution >= 0.6 is 12.4 Å². The summed E-state index contributed by atoms with van der Waals surface area (Å²) in [6, 6.07) is 0. The summed E-state index contributed by atoms with van der Waals surface area (Å²) in [5.74, 6) is 0.176. The van der Waals surface area contributed by atoms with Crippen LogP contribution in [0.25, 0.3) is 0 Å². The monoisotopic (exact) mass is 306 g/mol. The third-order valence-corrected chi connectivity index (χ3v) is 4.44. The Morgan fingerprint density at radius 1 is 1.35 bits per heavy atom. The van der Waals surface area contributed by atoms with Gasteiger partial charge in [0.2, 0.25) is 5.91 Å². The molecule has 0 aromatic rings. The van der Waals surface area contributed by atoms with Gasteiger partial charge in [-0.05, 0) is 31.3 Å². The van der Waals surface area contributed by atoms with Gasteiger partial charge in [-0.15, -0.1) is 12.4 Å². The lowest BCUT2D eigenvalue weighted by molar-refractivity contribution is -0.128. The van der Waals surface area contributed by atoms with Crippen LogP contribution in [0.15, 0.2) is 0 Å². The van der Waals surface area contributed by atoms with Crippen LogP contribution in [0.3, 0.4) is 0 Å². The van der Waals surface area contributed by atoms with Crippen molar-refractivity contribution in [3.8, 4) is 0 Å². The van der Waals surface area contributed by atoms with Gasteiger partial charge in [0.05, 0.1) is 6.61 Å². The molecule has 1 aliphatic rings. The molecule has 0 saturated carbocycles. The summed E-state index contributed by atoms with van der Waals surface area (Å²) in [5, 5.41) is 6.50. The molecular weight excluding hydrogens is 276 g/mol. The van der Waals surface area contributed by atoms with Gasteiger partial charge in [-0.25, -0.2) is 0 Å². The fourth-order valence-electron chi connectivity index (χ4n) is 2.46. The third-order valence-electron chi connectivity index (χ3n) is 4.44. The van der Waals surface area contributed by atoms with Crippen LogP contribution < -0.4 is 10.6 Å². The van der Waals surface area contributed by atoms with E-state index in [0.29, 0.717) is 0 Å². The number of rotatable bonds is 5. The minimum atomic E-state index is 0. The number of hydrogen-bond donors (Lipinski definition) is 2. The van der Waals surface area contributed by atoms with Crippen LogP contribution in [0.5, 0.6) is 0 Å². The molecule has 0 radical (unpaired) electrons. The van der Waals surface area contributed by atoms with E-state index in [-0.39, 0.29) is 35.1 Å². The lowest BCUT2D eigenvalue weighted by atomic mass is 9.78. The van der Waals surface area contributed by atoms with Gasteiger partial charge >= 0.3 is 0 Å². The predicted octanol–water partition coefficient (Wildman–Crippen LogP) is 2.22. The molecule has 1 aliphatic heterocycles. The van der Waals surface area contributed by atoms with Crippen molar-refractivity contribution in [1.29, 1.82) is 0 Å². The Bertz CT molecular complexity index is 291. The highest BCUT2D eigenvalue weighted by Gasteiger charge is 2.34. The van der Waals surface area contributed by atoms with Gasteiger partial charge in [0.25, 0.3) is 0 Å². The molecule has 1 fully saturated rings. The molecule has 120 valence electrons. The number of methoxy groups -OCH3 is 1. The van der Waals surface area contributed by atoms with Crippen LogP contribution in [-0.4, -0.2) is 39.3 Å². The molecule has 5 heteroatoms. The summed E-state index contributed by atoms with van der Waals surface area (Å²) in [4.78, 5) is 12.2. The molecule has 0 aliphatic carbocycles. The summed E-state index contributed by atoms with van der Waals surface area (Å²) in [5.41, 5.74) is 0.111. The molecule has 20 heavy (non-hydrogen) atoms. The van der Waals surface area contributed by atoms with E-state index in [4.69, 9.17) is 4.74 Å². The Morgan fingerprint density at radius 2 is 1.90 bits per heavy atom.